The highest BCUT2D eigenvalue weighted by Gasteiger charge is 2.15. The third-order valence-corrected chi connectivity index (χ3v) is 4.68. The van der Waals surface area contributed by atoms with E-state index in [-0.39, 0.29) is 17.1 Å². The highest BCUT2D eigenvalue weighted by atomic mass is 35.5. The number of amides is 1. The minimum absolute atomic E-state index is 0.180. The Hall–Kier alpha value is -2.41. The minimum atomic E-state index is -0.339. The van der Waals surface area contributed by atoms with Crippen molar-refractivity contribution in [2.45, 2.75) is 18.9 Å². The van der Waals surface area contributed by atoms with Gasteiger partial charge in [0, 0.05) is 23.4 Å². The van der Waals surface area contributed by atoms with Gasteiger partial charge in [0.2, 0.25) is 5.91 Å². The molecule has 1 heterocycles. The van der Waals surface area contributed by atoms with Gasteiger partial charge in [-0.15, -0.1) is 0 Å². The molecule has 7 heteroatoms. The summed E-state index contributed by atoms with van der Waals surface area (Å²) < 4.78 is 11.3. The zero-order valence-corrected chi connectivity index (χ0v) is 16.8. The van der Waals surface area contributed by atoms with Crippen LogP contribution in [0.5, 0.6) is 5.75 Å². The SMILES string of the molecule is O=C(/C=C\c1ccccc1Cl)NC(=S)Nc1ccc(OC[C@H]2CCCO2)cc1. The molecule has 1 aliphatic rings. The first kappa shape index (κ1) is 20.3. The molecular weight excluding hydrogens is 396 g/mol. The van der Waals surface area contributed by atoms with Crippen molar-refractivity contribution < 1.29 is 14.3 Å². The summed E-state index contributed by atoms with van der Waals surface area (Å²) in [7, 11) is 0. The summed E-state index contributed by atoms with van der Waals surface area (Å²) in [5.41, 5.74) is 1.52. The second kappa shape index (κ2) is 10.2. The quantitative estimate of drug-likeness (QED) is 0.539. The molecule has 0 bridgehead atoms. The van der Waals surface area contributed by atoms with Gasteiger partial charge in [-0.3, -0.25) is 10.1 Å². The molecule has 0 aliphatic carbocycles. The molecule has 1 atom stereocenters. The molecule has 0 radical (unpaired) electrons. The lowest BCUT2D eigenvalue weighted by atomic mass is 10.2. The third-order valence-electron chi connectivity index (χ3n) is 4.13. The number of thiocarbonyl (C=S) groups is 1. The maximum Gasteiger partial charge on any atom is 0.250 e. The standard InChI is InChI=1S/C21H21ClN2O3S/c22-19-6-2-1-4-15(19)7-12-20(25)24-21(28)23-16-8-10-17(11-9-16)27-14-18-5-3-13-26-18/h1-2,4,6-12,18H,3,5,13-14H2,(H2,23,24,25,28)/b12-7-/t18-/m1/s1. The van der Waals surface area contributed by atoms with Crippen LogP contribution < -0.4 is 15.4 Å². The maximum absolute atomic E-state index is 12.0. The van der Waals surface area contributed by atoms with Crippen LogP contribution in [0, 0.1) is 0 Å². The van der Waals surface area contributed by atoms with E-state index < -0.39 is 0 Å². The lowest BCUT2D eigenvalue weighted by Crippen LogP contribution is -2.32. The van der Waals surface area contributed by atoms with Crippen molar-refractivity contribution >= 4 is 46.6 Å². The number of nitrogens with one attached hydrogen (secondary N) is 2. The molecule has 2 aromatic carbocycles. The minimum Gasteiger partial charge on any atom is -0.491 e. The first-order valence-corrected chi connectivity index (χ1v) is 9.78. The first-order valence-electron chi connectivity index (χ1n) is 8.99. The molecule has 1 aliphatic heterocycles. The van der Waals surface area contributed by atoms with E-state index in [1.165, 1.54) is 6.08 Å². The van der Waals surface area contributed by atoms with Crippen LogP contribution in [0.4, 0.5) is 5.69 Å². The van der Waals surface area contributed by atoms with Crippen LogP contribution in [0.1, 0.15) is 18.4 Å². The van der Waals surface area contributed by atoms with Crippen molar-refractivity contribution in [3.8, 4) is 5.75 Å². The highest BCUT2D eigenvalue weighted by Crippen LogP contribution is 2.19. The van der Waals surface area contributed by atoms with Crippen LogP contribution in [0.3, 0.4) is 0 Å². The number of hydrogen-bond acceptors (Lipinski definition) is 4. The summed E-state index contributed by atoms with van der Waals surface area (Å²) in [6.07, 6.45) is 5.34. The second-order valence-electron chi connectivity index (χ2n) is 6.27. The molecule has 5 nitrogen and oxygen atoms in total. The Morgan fingerprint density at radius 2 is 2.04 bits per heavy atom. The fraction of sp³-hybridized carbons (Fsp3) is 0.238. The van der Waals surface area contributed by atoms with Gasteiger partial charge in [0.25, 0.3) is 0 Å². The molecule has 2 N–H and O–H groups in total. The van der Waals surface area contributed by atoms with Gasteiger partial charge in [-0.25, -0.2) is 0 Å². The van der Waals surface area contributed by atoms with Gasteiger partial charge in [0.05, 0.1) is 6.10 Å². The highest BCUT2D eigenvalue weighted by molar-refractivity contribution is 7.80. The van der Waals surface area contributed by atoms with E-state index in [9.17, 15) is 4.79 Å². The molecule has 0 aromatic heterocycles. The smallest absolute Gasteiger partial charge is 0.250 e. The fourth-order valence-corrected chi connectivity index (χ4v) is 3.11. The van der Waals surface area contributed by atoms with Gasteiger partial charge in [0.1, 0.15) is 12.4 Å². The van der Waals surface area contributed by atoms with E-state index in [4.69, 9.17) is 33.3 Å². The van der Waals surface area contributed by atoms with Crippen LogP contribution in [-0.4, -0.2) is 30.3 Å². The number of hydrogen-bond donors (Lipinski definition) is 2. The molecule has 3 rings (SSSR count). The molecule has 0 saturated carbocycles. The molecule has 1 saturated heterocycles. The van der Waals surface area contributed by atoms with E-state index in [0.29, 0.717) is 11.6 Å². The molecule has 1 amide bonds. The lowest BCUT2D eigenvalue weighted by molar-refractivity contribution is -0.115. The predicted octanol–water partition coefficient (Wildman–Crippen LogP) is 4.42. The van der Waals surface area contributed by atoms with Gasteiger partial charge in [-0.1, -0.05) is 29.8 Å². The fourth-order valence-electron chi connectivity index (χ4n) is 2.69. The first-order chi connectivity index (χ1) is 13.6. The molecule has 0 spiro atoms. The van der Waals surface area contributed by atoms with Crippen molar-refractivity contribution in [3.05, 3.63) is 65.2 Å². The molecular formula is C21H21ClN2O3S. The number of halogens is 1. The Morgan fingerprint density at radius 3 is 2.75 bits per heavy atom. The van der Waals surface area contributed by atoms with Crippen molar-refractivity contribution in [1.29, 1.82) is 0 Å². The molecule has 0 unspecified atom stereocenters. The van der Waals surface area contributed by atoms with Crippen molar-refractivity contribution in [1.82, 2.24) is 5.32 Å². The zero-order valence-electron chi connectivity index (χ0n) is 15.2. The summed E-state index contributed by atoms with van der Waals surface area (Å²) in [5, 5.41) is 6.35. The van der Waals surface area contributed by atoms with Crippen LogP contribution in [-0.2, 0) is 9.53 Å². The number of ether oxygens (including phenoxy) is 2. The van der Waals surface area contributed by atoms with Gasteiger partial charge < -0.3 is 14.8 Å². The Balaban J connectivity index is 1.44. The monoisotopic (exact) mass is 416 g/mol. The number of benzene rings is 2. The van der Waals surface area contributed by atoms with Crippen molar-refractivity contribution in [3.63, 3.8) is 0 Å². The predicted molar refractivity (Wildman–Crippen MR) is 116 cm³/mol. The number of anilines is 1. The topological polar surface area (TPSA) is 59.6 Å². The summed E-state index contributed by atoms with van der Waals surface area (Å²) in [6.45, 7) is 1.37. The Labute approximate surface area is 174 Å². The van der Waals surface area contributed by atoms with Crippen LogP contribution in [0.15, 0.2) is 54.6 Å². The van der Waals surface area contributed by atoms with Gasteiger partial charge >= 0.3 is 0 Å². The lowest BCUT2D eigenvalue weighted by Gasteiger charge is -2.12. The average Bonchev–Trinajstić information content (AvgIpc) is 3.20. The van der Waals surface area contributed by atoms with Crippen LogP contribution in [0.2, 0.25) is 5.02 Å². The van der Waals surface area contributed by atoms with Crippen LogP contribution >= 0.6 is 23.8 Å². The van der Waals surface area contributed by atoms with E-state index in [2.05, 4.69) is 10.6 Å². The summed E-state index contributed by atoms with van der Waals surface area (Å²) >= 11 is 11.2. The molecule has 146 valence electrons. The summed E-state index contributed by atoms with van der Waals surface area (Å²) in [6, 6.07) is 14.6. The van der Waals surface area contributed by atoms with E-state index >= 15 is 0 Å². The molecule has 1 fully saturated rings. The Kier molecular flexibility index (Phi) is 7.42. The third kappa shape index (κ3) is 6.34. The number of carbonyl (C=O) groups excluding carboxylic acids is 1. The summed E-state index contributed by atoms with van der Waals surface area (Å²) in [4.78, 5) is 12.0. The van der Waals surface area contributed by atoms with Crippen molar-refractivity contribution in [2.24, 2.45) is 0 Å². The molecule has 28 heavy (non-hydrogen) atoms. The second-order valence-corrected chi connectivity index (χ2v) is 7.08. The normalized spacial score (nSPS) is 16.1. The average molecular weight is 417 g/mol. The Bertz CT molecular complexity index is 849. The van der Waals surface area contributed by atoms with Gasteiger partial charge in [-0.2, -0.15) is 0 Å². The van der Waals surface area contributed by atoms with Crippen molar-refractivity contribution in [2.75, 3.05) is 18.5 Å². The maximum atomic E-state index is 12.0. The van der Waals surface area contributed by atoms with E-state index in [0.717, 1.165) is 36.4 Å². The summed E-state index contributed by atoms with van der Waals surface area (Å²) in [5.74, 6) is 0.424. The van der Waals surface area contributed by atoms with E-state index in [1.807, 2.05) is 42.5 Å². The van der Waals surface area contributed by atoms with E-state index in [1.54, 1.807) is 12.1 Å². The van der Waals surface area contributed by atoms with Gasteiger partial charge in [0.15, 0.2) is 5.11 Å². The number of rotatable bonds is 6. The van der Waals surface area contributed by atoms with Crippen LogP contribution in [0.25, 0.3) is 6.08 Å². The zero-order chi connectivity index (χ0) is 19.8. The number of carbonyl (C=O) groups is 1. The largest absolute Gasteiger partial charge is 0.491 e. The van der Waals surface area contributed by atoms with Gasteiger partial charge in [-0.05, 0) is 67.0 Å². The Morgan fingerprint density at radius 1 is 1.25 bits per heavy atom. The molecule has 2 aromatic rings.